The van der Waals surface area contributed by atoms with Gasteiger partial charge in [0.05, 0.1) is 10.7 Å². The van der Waals surface area contributed by atoms with Crippen LogP contribution in [0.25, 0.3) is 5.69 Å². The van der Waals surface area contributed by atoms with Crippen molar-refractivity contribution in [3.05, 3.63) is 61.1 Å². The van der Waals surface area contributed by atoms with Gasteiger partial charge in [-0.1, -0.05) is 18.5 Å². The van der Waals surface area contributed by atoms with Gasteiger partial charge in [-0.15, -0.1) is 0 Å². The van der Waals surface area contributed by atoms with E-state index in [-0.39, 0.29) is 21.6 Å². The summed E-state index contributed by atoms with van der Waals surface area (Å²) in [5.41, 5.74) is -5.89. The molecule has 1 atom stereocenters. The summed E-state index contributed by atoms with van der Waals surface area (Å²) in [5.74, 6) is -5.28. The number of rotatable bonds is 5. The van der Waals surface area contributed by atoms with Crippen LogP contribution in [0.3, 0.4) is 0 Å². The van der Waals surface area contributed by atoms with Crippen molar-refractivity contribution in [2.24, 2.45) is 13.0 Å². The van der Waals surface area contributed by atoms with Gasteiger partial charge in [0.15, 0.2) is 5.78 Å². The number of carbonyl (C=O) groups is 2. The van der Waals surface area contributed by atoms with E-state index in [1.807, 2.05) is 0 Å². The third kappa shape index (κ3) is 4.09. The van der Waals surface area contributed by atoms with Crippen LogP contribution in [0.5, 0.6) is 0 Å². The molecule has 29 heavy (non-hydrogen) atoms. The number of hydrogen-bond acceptors (Lipinski definition) is 4. The molecule has 0 saturated heterocycles. The Bertz CT molecular complexity index is 1120. The highest BCUT2D eigenvalue weighted by Crippen LogP contribution is 2.28. The molecule has 0 amide bonds. The van der Waals surface area contributed by atoms with Crippen molar-refractivity contribution in [2.75, 3.05) is 0 Å². The molecule has 1 unspecified atom stereocenters. The Morgan fingerprint density at radius 2 is 1.79 bits per heavy atom. The van der Waals surface area contributed by atoms with Crippen LogP contribution in [-0.4, -0.2) is 26.0 Å². The highest BCUT2D eigenvalue weighted by molar-refractivity contribution is 6.34. The van der Waals surface area contributed by atoms with Crippen LogP contribution in [0.4, 0.5) is 17.6 Å². The van der Waals surface area contributed by atoms with Crippen molar-refractivity contribution in [3.63, 3.8) is 0 Å². The van der Waals surface area contributed by atoms with E-state index in [2.05, 4.69) is 0 Å². The molecule has 0 radical (unpaired) electrons. The zero-order valence-corrected chi connectivity index (χ0v) is 15.6. The summed E-state index contributed by atoms with van der Waals surface area (Å²) < 4.78 is 53.4. The number of carboxylic acid groups (broad SMARTS) is 1. The van der Waals surface area contributed by atoms with Crippen LogP contribution in [0.15, 0.2) is 27.8 Å². The highest BCUT2D eigenvalue weighted by Gasteiger charge is 2.35. The molecule has 0 saturated carbocycles. The second-order valence-corrected chi connectivity index (χ2v) is 6.40. The number of ketones is 1. The number of nitrogens with zero attached hydrogens (tertiary/aromatic N) is 2. The number of carboxylic acids is 1. The number of hydrogen-bond donors (Lipinski definition) is 1. The van der Waals surface area contributed by atoms with Crippen molar-refractivity contribution in [3.8, 4) is 5.69 Å². The van der Waals surface area contributed by atoms with Gasteiger partial charge in [0.1, 0.15) is 17.4 Å². The van der Waals surface area contributed by atoms with E-state index in [0.717, 1.165) is 7.05 Å². The molecule has 0 aliphatic heterocycles. The van der Waals surface area contributed by atoms with Crippen LogP contribution >= 0.6 is 11.6 Å². The molecule has 0 fully saturated rings. The van der Waals surface area contributed by atoms with Crippen LogP contribution in [0, 0.1) is 11.7 Å². The SMILES string of the molecule is CCC(C(=O)O)C(=O)c1cc(-n2c(=O)cc(C(F)(F)F)n(C)c2=O)c(F)cc1Cl. The van der Waals surface area contributed by atoms with E-state index in [1.165, 1.54) is 6.92 Å². The average Bonchev–Trinajstić information content (AvgIpc) is 2.59. The van der Waals surface area contributed by atoms with Crippen LogP contribution in [-0.2, 0) is 18.0 Å². The predicted molar refractivity (Wildman–Crippen MR) is 93.0 cm³/mol. The molecule has 1 N–H and O–H groups in total. The number of aromatic nitrogens is 2. The normalized spacial score (nSPS) is 12.7. The maximum Gasteiger partial charge on any atom is 0.431 e. The van der Waals surface area contributed by atoms with Crippen molar-refractivity contribution in [2.45, 2.75) is 19.5 Å². The largest absolute Gasteiger partial charge is 0.481 e. The van der Waals surface area contributed by atoms with E-state index >= 15 is 0 Å². The fourth-order valence-electron chi connectivity index (χ4n) is 2.68. The summed E-state index contributed by atoms with van der Waals surface area (Å²) >= 11 is 5.81. The standard InChI is InChI=1S/C17H13ClF4N2O5/c1-3-7(15(27)28)14(26)8-4-11(10(19)5-9(8)18)24-13(25)6-12(17(20,21)22)23(2)16(24)29/h4-7H,3H2,1-2H3,(H,27,28). The number of halogens is 5. The fraction of sp³-hybridized carbons (Fsp3) is 0.294. The molecule has 156 valence electrons. The first kappa shape index (κ1) is 22.3. The molecule has 1 heterocycles. The summed E-state index contributed by atoms with van der Waals surface area (Å²) in [6.07, 6.45) is -5.14. The number of Topliss-reactive ketones (excluding diaryl/α,β-unsaturated/α-hetero) is 1. The summed E-state index contributed by atoms with van der Waals surface area (Å²) in [5, 5.41) is 8.64. The average molecular weight is 437 g/mol. The summed E-state index contributed by atoms with van der Waals surface area (Å²) in [7, 11) is 0.735. The maximum atomic E-state index is 14.4. The van der Waals surface area contributed by atoms with Crippen molar-refractivity contribution in [1.82, 2.24) is 9.13 Å². The second kappa shape index (κ2) is 7.82. The van der Waals surface area contributed by atoms with E-state index in [4.69, 9.17) is 16.7 Å². The minimum Gasteiger partial charge on any atom is -0.481 e. The Labute approximate surface area is 164 Å². The lowest BCUT2D eigenvalue weighted by atomic mass is 9.95. The van der Waals surface area contributed by atoms with Crippen molar-refractivity contribution in [1.29, 1.82) is 0 Å². The Balaban J connectivity index is 2.80. The number of carbonyl (C=O) groups excluding carboxylic acids is 1. The van der Waals surface area contributed by atoms with Crippen LogP contribution < -0.4 is 11.2 Å². The van der Waals surface area contributed by atoms with E-state index in [1.54, 1.807) is 0 Å². The third-order valence-corrected chi connectivity index (χ3v) is 4.49. The molecule has 0 spiro atoms. The molecule has 1 aromatic carbocycles. The topological polar surface area (TPSA) is 98.4 Å². The molecular formula is C17H13ClF4N2O5. The number of aliphatic carboxylic acids is 1. The molecule has 2 rings (SSSR count). The Kier molecular flexibility index (Phi) is 6.02. The van der Waals surface area contributed by atoms with Crippen molar-refractivity contribution < 1.29 is 32.3 Å². The Morgan fingerprint density at radius 3 is 2.28 bits per heavy atom. The first-order valence-corrected chi connectivity index (χ1v) is 8.35. The molecule has 0 aliphatic carbocycles. The molecule has 7 nitrogen and oxygen atoms in total. The van der Waals surface area contributed by atoms with Gasteiger partial charge in [-0.2, -0.15) is 13.2 Å². The van der Waals surface area contributed by atoms with Gasteiger partial charge in [0.2, 0.25) is 0 Å². The summed E-state index contributed by atoms with van der Waals surface area (Å²) in [4.78, 5) is 48.1. The monoisotopic (exact) mass is 436 g/mol. The first-order valence-electron chi connectivity index (χ1n) is 7.98. The van der Waals surface area contributed by atoms with Crippen LogP contribution in [0.2, 0.25) is 5.02 Å². The zero-order chi connectivity index (χ0) is 22.3. The second-order valence-electron chi connectivity index (χ2n) is 5.99. The lowest BCUT2D eigenvalue weighted by Gasteiger charge is -2.16. The highest BCUT2D eigenvalue weighted by atomic mass is 35.5. The molecule has 2 aromatic rings. The number of alkyl halides is 3. The molecule has 0 bridgehead atoms. The lowest BCUT2D eigenvalue weighted by Crippen LogP contribution is -2.41. The predicted octanol–water partition coefficient (Wildman–Crippen LogP) is 2.64. The minimum atomic E-state index is -5.01. The smallest absolute Gasteiger partial charge is 0.431 e. The van der Waals surface area contributed by atoms with Gasteiger partial charge in [-0.25, -0.2) is 13.8 Å². The molecular weight excluding hydrogens is 424 g/mol. The molecule has 1 aromatic heterocycles. The van der Waals surface area contributed by atoms with Gasteiger partial charge in [0, 0.05) is 18.7 Å². The van der Waals surface area contributed by atoms with Gasteiger partial charge in [-0.3, -0.25) is 19.0 Å². The van der Waals surface area contributed by atoms with Gasteiger partial charge in [-0.05, 0) is 18.6 Å². The minimum absolute atomic E-state index is 0.0966. The van der Waals surface area contributed by atoms with Gasteiger partial charge < -0.3 is 5.11 Å². The van der Waals surface area contributed by atoms with Crippen LogP contribution in [0.1, 0.15) is 29.4 Å². The first-order chi connectivity index (χ1) is 13.3. The Hall–Kier alpha value is -2.95. The lowest BCUT2D eigenvalue weighted by molar-refractivity contribution is -0.144. The summed E-state index contributed by atoms with van der Waals surface area (Å²) in [6, 6.07) is 1.34. The van der Waals surface area contributed by atoms with Gasteiger partial charge >= 0.3 is 17.8 Å². The van der Waals surface area contributed by atoms with Gasteiger partial charge in [0.25, 0.3) is 5.56 Å². The molecule has 12 heteroatoms. The Morgan fingerprint density at radius 1 is 1.21 bits per heavy atom. The van der Waals surface area contributed by atoms with Crippen molar-refractivity contribution >= 4 is 23.4 Å². The number of benzene rings is 1. The fourth-order valence-corrected chi connectivity index (χ4v) is 2.92. The summed E-state index contributed by atoms with van der Waals surface area (Å²) in [6.45, 7) is 1.41. The third-order valence-electron chi connectivity index (χ3n) is 4.18. The zero-order valence-electron chi connectivity index (χ0n) is 14.9. The van der Waals surface area contributed by atoms with E-state index in [0.29, 0.717) is 12.1 Å². The van der Waals surface area contributed by atoms with E-state index < -0.39 is 62.9 Å². The molecule has 0 aliphatic rings. The maximum absolute atomic E-state index is 14.4. The quantitative estimate of drug-likeness (QED) is 0.441. The van der Waals surface area contributed by atoms with E-state index in [9.17, 15) is 36.7 Å².